The van der Waals surface area contributed by atoms with Crippen LogP contribution < -0.4 is 10.1 Å². The van der Waals surface area contributed by atoms with Gasteiger partial charge >= 0.3 is 5.97 Å². The lowest BCUT2D eigenvalue weighted by atomic mass is 9.94. The molecule has 11 heteroatoms. The van der Waals surface area contributed by atoms with Gasteiger partial charge in [-0.2, -0.15) is 4.31 Å². The lowest BCUT2D eigenvalue weighted by molar-refractivity contribution is 0.0597. The minimum Gasteiger partial charge on any atom is -0.494 e. The van der Waals surface area contributed by atoms with E-state index in [2.05, 4.69) is 5.32 Å². The van der Waals surface area contributed by atoms with Crippen LogP contribution >= 0.6 is 11.3 Å². The summed E-state index contributed by atoms with van der Waals surface area (Å²) >= 11 is 0.877. The third-order valence-corrected chi connectivity index (χ3v) is 8.99. The first-order valence-electron chi connectivity index (χ1n) is 10.3. The van der Waals surface area contributed by atoms with E-state index < -0.39 is 33.7 Å². The molecule has 4 rings (SSSR count). The summed E-state index contributed by atoms with van der Waals surface area (Å²) in [5.41, 5.74) is 1.27. The van der Waals surface area contributed by atoms with Crippen molar-refractivity contribution in [1.29, 1.82) is 0 Å². The van der Waals surface area contributed by atoms with Gasteiger partial charge in [0.15, 0.2) is 21.6 Å². The van der Waals surface area contributed by atoms with E-state index in [9.17, 15) is 22.0 Å². The van der Waals surface area contributed by atoms with Crippen molar-refractivity contribution in [2.75, 3.05) is 32.6 Å². The van der Waals surface area contributed by atoms with Gasteiger partial charge in [0.1, 0.15) is 5.56 Å². The number of methoxy groups -OCH3 is 2. The van der Waals surface area contributed by atoms with Crippen molar-refractivity contribution in [3.05, 3.63) is 76.7 Å². The number of nitrogens with zero attached hydrogens (tertiary/aromatic N) is 1. The third-order valence-electron chi connectivity index (χ3n) is 5.68. The van der Waals surface area contributed by atoms with Crippen LogP contribution in [0.25, 0.3) is 0 Å². The fraction of sp³-hybridized carbons (Fsp3) is 0.261. The first kappa shape index (κ1) is 24.1. The van der Waals surface area contributed by atoms with Crippen molar-refractivity contribution >= 4 is 33.0 Å². The summed E-state index contributed by atoms with van der Waals surface area (Å²) in [5.74, 6) is -2.99. The van der Waals surface area contributed by atoms with Gasteiger partial charge in [-0.25, -0.2) is 22.0 Å². The van der Waals surface area contributed by atoms with Gasteiger partial charge in [-0.3, -0.25) is 0 Å². The maximum atomic E-state index is 13.8. The van der Waals surface area contributed by atoms with E-state index in [0.717, 1.165) is 29.0 Å². The van der Waals surface area contributed by atoms with Crippen LogP contribution in [-0.2, 0) is 14.8 Å². The molecule has 1 aliphatic heterocycles. The van der Waals surface area contributed by atoms with Crippen LogP contribution in [0.4, 0.5) is 14.5 Å². The van der Waals surface area contributed by atoms with E-state index in [1.807, 2.05) is 30.3 Å². The SMILES string of the molecule is COC(=O)c1csc(S(=O)(=O)N2CC(Nc3ccc(F)c(F)c3)C(c3ccccc3)C2)c1OC. The zero-order chi connectivity index (χ0) is 24.5. The summed E-state index contributed by atoms with van der Waals surface area (Å²) in [7, 11) is -1.55. The topological polar surface area (TPSA) is 84.9 Å². The summed E-state index contributed by atoms with van der Waals surface area (Å²) < 4.78 is 65.5. The molecule has 7 nitrogen and oxygen atoms in total. The number of halogens is 2. The molecule has 0 saturated carbocycles. The molecule has 2 aromatic carbocycles. The first-order valence-corrected chi connectivity index (χ1v) is 12.6. The molecule has 180 valence electrons. The smallest absolute Gasteiger partial charge is 0.342 e. The average molecular weight is 509 g/mol. The van der Waals surface area contributed by atoms with Gasteiger partial charge in [0, 0.05) is 42.2 Å². The van der Waals surface area contributed by atoms with E-state index >= 15 is 0 Å². The van der Waals surface area contributed by atoms with Crippen LogP contribution in [0.1, 0.15) is 21.8 Å². The molecule has 2 heterocycles. The number of hydrogen-bond acceptors (Lipinski definition) is 7. The monoisotopic (exact) mass is 508 g/mol. The van der Waals surface area contributed by atoms with Crippen LogP contribution in [0.3, 0.4) is 0 Å². The summed E-state index contributed by atoms with van der Waals surface area (Å²) in [6.45, 7) is 0.206. The lowest BCUT2D eigenvalue weighted by Crippen LogP contribution is -2.31. The van der Waals surface area contributed by atoms with E-state index in [1.54, 1.807) is 0 Å². The number of ether oxygens (including phenoxy) is 2. The molecule has 0 amide bonds. The Kier molecular flexibility index (Phi) is 6.87. The fourth-order valence-corrected chi connectivity index (χ4v) is 7.07. The molecule has 0 radical (unpaired) electrons. The molecule has 0 spiro atoms. The van der Waals surface area contributed by atoms with Gasteiger partial charge in [-0.1, -0.05) is 30.3 Å². The molecule has 1 aliphatic rings. The number of hydrogen-bond donors (Lipinski definition) is 1. The normalized spacial score (nSPS) is 18.6. The fourth-order valence-electron chi connectivity index (χ4n) is 4.02. The van der Waals surface area contributed by atoms with Crippen molar-refractivity contribution in [3.8, 4) is 5.75 Å². The highest BCUT2D eigenvalue weighted by atomic mass is 32.2. The zero-order valence-electron chi connectivity index (χ0n) is 18.3. The molecule has 1 fully saturated rings. The maximum Gasteiger partial charge on any atom is 0.342 e. The van der Waals surface area contributed by atoms with Gasteiger partial charge in [-0.05, 0) is 17.7 Å². The average Bonchev–Trinajstić information content (AvgIpc) is 3.47. The van der Waals surface area contributed by atoms with E-state index in [0.29, 0.717) is 5.69 Å². The number of rotatable bonds is 7. The third kappa shape index (κ3) is 4.50. The number of nitrogens with one attached hydrogen (secondary N) is 1. The molecule has 0 aliphatic carbocycles. The Morgan fingerprint density at radius 3 is 2.47 bits per heavy atom. The van der Waals surface area contributed by atoms with Crippen molar-refractivity contribution in [2.24, 2.45) is 0 Å². The van der Waals surface area contributed by atoms with Gasteiger partial charge in [0.05, 0.1) is 14.2 Å². The number of carbonyl (C=O) groups excluding carboxylic acids is 1. The van der Waals surface area contributed by atoms with E-state index in [-0.39, 0.29) is 34.5 Å². The Bertz CT molecular complexity index is 1300. The number of anilines is 1. The predicted octanol–water partition coefficient (Wildman–Crippen LogP) is 4.09. The Labute approximate surface area is 200 Å². The van der Waals surface area contributed by atoms with Gasteiger partial charge in [0.2, 0.25) is 0 Å². The molecule has 3 aromatic rings. The number of esters is 1. The van der Waals surface area contributed by atoms with Crippen LogP contribution in [-0.4, -0.2) is 52.0 Å². The Balaban J connectivity index is 1.68. The number of thiophene rings is 1. The summed E-state index contributed by atoms with van der Waals surface area (Å²) in [6, 6.07) is 12.4. The van der Waals surface area contributed by atoms with Crippen LogP contribution in [0.5, 0.6) is 5.75 Å². The summed E-state index contributed by atoms with van der Waals surface area (Å²) in [5, 5.41) is 4.55. The standard InChI is InChI=1S/C23H22F2N2O5S2/c1-31-21-17(22(28)32-2)13-33-23(21)34(29,30)27-11-16(14-6-4-3-5-7-14)20(12-27)26-15-8-9-18(24)19(25)10-15/h3-10,13,16,20,26H,11-12H2,1-2H3. The Morgan fingerprint density at radius 2 is 1.82 bits per heavy atom. The number of sulfonamides is 1. The minimum absolute atomic E-state index is 0.0313. The lowest BCUT2D eigenvalue weighted by Gasteiger charge is -2.21. The highest BCUT2D eigenvalue weighted by molar-refractivity contribution is 7.91. The van der Waals surface area contributed by atoms with Crippen molar-refractivity contribution in [2.45, 2.75) is 16.2 Å². The second-order valence-corrected chi connectivity index (χ2v) is 10.7. The maximum absolute atomic E-state index is 13.8. The molecule has 1 N–H and O–H groups in total. The van der Waals surface area contributed by atoms with Crippen molar-refractivity contribution in [1.82, 2.24) is 4.31 Å². The van der Waals surface area contributed by atoms with Crippen molar-refractivity contribution in [3.63, 3.8) is 0 Å². The molecule has 2 atom stereocenters. The highest BCUT2D eigenvalue weighted by Crippen LogP contribution is 2.40. The van der Waals surface area contributed by atoms with Crippen molar-refractivity contribution < 1.29 is 31.5 Å². The van der Waals surface area contributed by atoms with E-state index in [1.165, 1.54) is 30.0 Å². The van der Waals surface area contributed by atoms with Gasteiger partial charge in [-0.15, -0.1) is 11.3 Å². The van der Waals surface area contributed by atoms with Crippen LogP contribution in [0.2, 0.25) is 0 Å². The minimum atomic E-state index is -4.04. The quantitative estimate of drug-likeness (QED) is 0.484. The Morgan fingerprint density at radius 1 is 1.09 bits per heavy atom. The number of carbonyl (C=O) groups is 1. The second-order valence-electron chi connectivity index (χ2n) is 7.68. The summed E-state index contributed by atoms with van der Waals surface area (Å²) in [4.78, 5) is 12.0. The number of benzene rings is 2. The molecule has 34 heavy (non-hydrogen) atoms. The zero-order valence-corrected chi connectivity index (χ0v) is 20.0. The molecule has 1 saturated heterocycles. The molecule has 0 bridgehead atoms. The highest BCUT2D eigenvalue weighted by Gasteiger charge is 2.42. The Hall–Kier alpha value is -3.02. The van der Waals surface area contributed by atoms with Gasteiger partial charge in [0.25, 0.3) is 10.0 Å². The molecular weight excluding hydrogens is 486 g/mol. The van der Waals surface area contributed by atoms with Crippen LogP contribution in [0.15, 0.2) is 58.1 Å². The summed E-state index contributed by atoms with van der Waals surface area (Å²) in [6.07, 6.45) is 0. The molecular formula is C23H22F2N2O5S2. The first-order chi connectivity index (χ1) is 16.3. The molecule has 1 aromatic heterocycles. The second kappa shape index (κ2) is 9.69. The largest absolute Gasteiger partial charge is 0.494 e. The van der Waals surface area contributed by atoms with Crippen LogP contribution in [0, 0.1) is 11.6 Å². The predicted molar refractivity (Wildman–Crippen MR) is 124 cm³/mol. The van der Waals surface area contributed by atoms with Gasteiger partial charge < -0.3 is 14.8 Å². The molecule has 2 unspecified atom stereocenters. The van der Waals surface area contributed by atoms with E-state index in [4.69, 9.17) is 9.47 Å².